The van der Waals surface area contributed by atoms with E-state index in [1.165, 1.54) is 18.4 Å². The Bertz CT molecular complexity index is 396. The van der Waals surface area contributed by atoms with Crippen LogP contribution in [0.1, 0.15) is 39.2 Å². The van der Waals surface area contributed by atoms with Crippen LogP contribution in [-0.2, 0) is 6.42 Å². The Balaban J connectivity index is 1.98. The topological polar surface area (TPSA) is 21.3 Å². The lowest BCUT2D eigenvalue weighted by atomic mass is 9.97. The molecule has 1 aliphatic carbocycles. The van der Waals surface area contributed by atoms with Gasteiger partial charge < -0.3 is 10.1 Å². The Hall–Kier alpha value is -1.02. The van der Waals surface area contributed by atoms with Crippen molar-refractivity contribution in [1.29, 1.82) is 0 Å². The zero-order chi connectivity index (χ0) is 13.9. The minimum Gasteiger partial charge on any atom is -0.497 e. The van der Waals surface area contributed by atoms with Gasteiger partial charge >= 0.3 is 0 Å². The molecule has 0 amide bonds. The van der Waals surface area contributed by atoms with E-state index in [4.69, 9.17) is 4.74 Å². The molecule has 106 valence electrons. The fourth-order valence-electron chi connectivity index (χ4n) is 2.90. The number of hydrogen-bond acceptors (Lipinski definition) is 2. The molecule has 0 aromatic heterocycles. The number of ether oxygens (including phenoxy) is 1. The minimum absolute atomic E-state index is 0.526. The molecule has 1 saturated carbocycles. The normalized spacial score (nSPS) is 22.0. The van der Waals surface area contributed by atoms with Gasteiger partial charge in [-0.2, -0.15) is 0 Å². The first kappa shape index (κ1) is 14.4. The molecule has 2 rings (SSSR count). The molecule has 0 spiro atoms. The Kier molecular flexibility index (Phi) is 4.51. The Morgan fingerprint density at radius 1 is 1.32 bits per heavy atom. The molecule has 0 saturated heterocycles. The molecule has 0 radical (unpaired) electrons. The fourth-order valence-corrected chi connectivity index (χ4v) is 2.90. The van der Waals surface area contributed by atoms with E-state index in [0.717, 1.165) is 24.6 Å². The summed E-state index contributed by atoms with van der Waals surface area (Å²) in [6.07, 6.45) is 3.68. The summed E-state index contributed by atoms with van der Waals surface area (Å²) >= 11 is 0. The third kappa shape index (κ3) is 3.73. The third-order valence-electron chi connectivity index (χ3n) is 4.35. The summed E-state index contributed by atoms with van der Waals surface area (Å²) in [4.78, 5) is 0. The Labute approximate surface area is 117 Å². The van der Waals surface area contributed by atoms with E-state index in [2.05, 4.69) is 50.4 Å². The second-order valence-electron chi connectivity index (χ2n) is 6.41. The van der Waals surface area contributed by atoms with Crippen molar-refractivity contribution in [3.8, 4) is 5.75 Å². The van der Waals surface area contributed by atoms with Crippen LogP contribution in [0.25, 0.3) is 0 Å². The van der Waals surface area contributed by atoms with Crippen molar-refractivity contribution >= 4 is 0 Å². The average Bonchev–Trinajstić information content (AvgIpc) is 3.04. The number of methoxy groups -OCH3 is 1. The van der Waals surface area contributed by atoms with Crippen molar-refractivity contribution in [1.82, 2.24) is 5.32 Å². The second-order valence-corrected chi connectivity index (χ2v) is 6.41. The van der Waals surface area contributed by atoms with Gasteiger partial charge in [0.25, 0.3) is 0 Å². The number of hydrogen-bond donors (Lipinski definition) is 1. The van der Waals surface area contributed by atoms with Crippen molar-refractivity contribution in [3.63, 3.8) is 0 Å². The lowest BCUT2D eigenvalue weighted by molar-refractivity contribution is 0.401. The highest BCUT2D eigenvalue weighted by Gasteiger charge is 2.49. The molecule has 0 bridgehead atoms. The van der Waals surface area contributed by atoms with E-state index in [1.54, 1.807) is 7.11 Å². The summed E-state index contributed by atoms with van der Waals surface area (Å²) in [6.45, 7) is 8.11. The standard InChI is InChI=1S/C17H27NO/c1-5-10-18-16(15-12-17(15,2)3)11-13-6-8-14(19-4)9-7-13/h6-9,15-16,18H,5,10-12H2,1-4H3. The molecule has 2 heteroatoms. The SMILES string of the molecule is CCCNC(Cc1ccc(OC)cc1)C1CC1(C)C. The maximum Gasteiger partial charge on any atom is 0.118 e. The van der Waals surface area contributed by atoms with Crippen LogP contribution in [0.4, 0.5) is 0 Å². The smallest absolute Gasteiger partial charge is 0.118 e. The van der Waals surface area contributed by atoms with E-state index < -0.39 is 0 Å². The molecule has 1 N–H and O–H groups in total. The number of benzene rings is 1. The lowest BCUT2D eigenvalue weighted by Gasteiger charge is -2.20. The molecule has 2 unspecified atom stereocenters. The van der Waals surface area contributed by atoms with Crippen LogP contribution < -0.4 is 10.1 Å². The predicted octanol–water partition coefficient (Wildman–Crippen LogP) is 3.65. The number of rotatable bonds is 7. The summed E-state index contributed by atoms with van der Waals surface area (Å²) in [5, 5.41) is 3.73. The third-order valence-corrected chi connectivity index (χ3v) is 4.35. The van der Waals surface area contributed by atoms with E-state index >= 15 is 0 Å². The van der Waals surface area contributed by atoms with Gasteiger partial charge in [-0.25, -0.2) is 0 Å². The first-order chi connectivity index (χ1) is 9.06. The zero-order valence-electron chi connectivity index (χ0n) is 12.7. The Morgan fingerprint density at radius 3 is 2.42 bits per heavy atom. The van der Waals surface area contributed by atoms with Gasteiger partial charge in [0, 0.05) is 6.04 Å². The minimum atomic E-state index is 0.526. The first-order valence-electron chi connectivity index (χ1n) is 7.43. The summed E-state index contributed by atoms with van der Waals surface area (Å²) in [5.74, 6) is 1.76. The van der Waals surface area contributed by atoms with Crippen LogP contribution in [0, 0.1) is 11.3 Å². The van der Waals surface area contributed by atoms with Crippen LogP contribution in [0.5, 0.6) is 5.75 Å². The Morgan fingerprint density at radius 2 is 1.95 bits per heavy atom. The molecule has 0 aliphatic heterocycles. The highest BCUT2D eigenvalue weighted by molar-refractivity contribution is 5.28. The molecule has 0 heterocycles. The molecule has 19 heavy (non-hydrogen) atoms. The van der Waals surface area contributed by atoms with Crippen molar-refractivity contribution in [2.75, 3.05) is 13.7 Å². The largest absolute Gasteiger partial charge is 0.497 e. The first-order valence-corrected chi connectivity index (χ1v) is 7.43. The van der Waals surface area contributed by atoms with Gasteiger partial charge in [0.2, 0.25) is 0 Å². The van der Waals surface area contributed by atoms with Crippen LogP contribution >= 0.6 is 0 Å². The fraction of sp³-hybridized carbons (Fsp3) is 0.647. The average molecular weight is 261 g/mol. The molecule has 2 nitrogen and oxygen atoms in total. The van der Waals surface area contributed by atoms with E-state index in [-0.39, 0.29) is 0 Å². The van der Waals surface area contributed by atoms with Crippen LogP contribution in [0.15, 0.2) is 24.3 Å². The van der Waals surface area contributed by atoms with Gasteiger partial charge in [-0.05, 0) is 54.8 Å². The van der Waals surface area contributed by atoms with Gasteiger partial charge in [-0.1, -0.05) is 32.9 Å². The quantitative estimate of drug-likeness (QED) is 0.809. The molecule has 1 aromatic rings. The summed E-state index contributed by atoms with van der Waals surface area (Å²) in [7, 11) is 1.72. The van der Waals surface area contributed by atoms with Crippen molar-refractivity contribution < 1.29 is 4.74 Å². The molecular weight excluding hydrogens is 234 g/mol. The van der Waals surface area contributed by atoms with Gasteiger partial charge in [-0.15, -0.1) is 0 Å². The highest BCUT2D eigenvalue weighted by Crippen LogP contribution is 2.54. The van der Waals surface area contributed by atoms with Crippen LogP contribution in [0.3, 0.4) is 0 Å². The summed E-state index contributed by atoms with van der Waals surface area (Å²) in [5.41, 5.74) is 1.93. The van der Waals surface area contributed by atoms with Crippen molar-refractivity contribution in [3.05, 3.63) is 29.8 Å². The molecule has 1 fully saturated rings. The molecular formula is C17H27NO. The van der Waals surface area contributed by atoms with Crippen molar-refractivity contribution in [2.45, 2.75) is 46.1 Å². The zero-order valence-corrected chi connectivity index (χ0v) is 12.7. The van der Waals surface area contributed by atoms with Gasteiger partial charge in [-0.3, -0.25) is 0 Å². The monoisotopic (exact) mass is 261 g/mol. The van der Waals surface area contributed by atoms with E-state index in [1.807, 2.05) is 0 Å². The van der Waals surface area contributed by atoms with Crippen LogP contribution in [-0.4, -0.2) is 19.7 Å². The van der Waals surface area contributed by atoms with Gasteiger partial charge in [0.05, 0.1) is 7.11 Å². The predicted molar refractivity (Wildman–Crippen MR) is 80.7 cm³/mol. The molecule has 1 aromatic carbocycles. The van der Waals surface area contributed by atoms with Crippen LogP contribution in [0.2, 0.25) is 0 Å². The highest BCUT2D eigenvalue weighted by atomic mass is 16.5. The van der Waals surface area contributed by atoms with Crippen molar-refractivity contribution in [2.24, 2.45) is 11.3 Å². The summed E-state index contributed by atoms with van der Waals surface area (Å²) < 4.78 is 5.22. The van der Waals surface area contributed by atoms with Gasteiger partial charge in [0.15, 0.2) is 0 Å². The maximum atomic E-state index is 5.22. The molecule has 2 atom stereocenters. The van der Waals surface area contributed by atoms with E-state index in [9.17, 15) is 0 Å². The van der Waals surface area contributed by atoms with E-state index in [0.29, 0.717) is 11.5 Å². The van der Waals surface area contributed by atoms with Gasteiger partial charge in [0.1, 0.15) is 5.75 Å². The number of nitrogens with one attached hydrogen (secondary N) is 1. The summed E-state index contributed by atoms with van der Waals surface area (Å²) in [6, 6.07) is 9.11. The second kappa shape index (κ2) is 5.96. The maximum absolute atomic E-state index is 5.22. The molecule has 1 aliphatic rings. The lowest BCUT2D eigenvalue weighted by Crippen LogP contribution is -2.35.